The van der Waals surface area contributed by atoms with Gasteiger partial charge in [-0.1, -0.05) is 0 Å². The molecule has 1 rings (SSSR count). The number of carbonyl (C=O) groups excluding carboxylic acids is 1. The lowest BCUT2D eigenvalue weighted by atomic mass is 10.2. The molecule has 1 fully saturated rings. The van der Waals surface area contributed by atoms with Crippen LogP contribution in [0.5, 0.6) is 0 Å². The van der Waals surface area contributed by atoms with Gasteiger partial charge in [0, 0.05) is 40.0 Å². The van der Waals surface area contributed by atoms with E-state index in [1.807, 2.05) is 6.92 Å². The molecule has 3 N–H and O–H groups in total. The number of hydrogen-bond acceptors (Lipinski definition) is 5. The zero-order chi connectivity index (χ0) is 17.5. The van der Waals surface area contributed by atoms with E-state index < -0.39 is 0 Å². The molecule has 1 atom stereocenters. The Morgan fingerprint density at radius 2 is 2.08 bits per heavy atom. The first-order valence-corrected chi connectivity index (χ1v) is 8.73. The summed E-state index contributed by atoms with van der Waals surface area (Å²) in [5, 5.41) is 9.04. The second kappa shape index (κ2) is 16.8. The van der Waals surface area contributed by atoms with E-state index in [4.69, 9.17) is 14.2 Å². The summed E-state index contributed by atoms with van der Waals surface area (Å²) in [6.07, 6.45) is 3.38. The van der Waals surface area contributed by atoms with Crippen molar-refractivity contribution in [2.75, 3.05) is 59.7 Å². The molecular weight excluding hydrogens is 439 g/mol. The number of rotatable bonds is 12. The van der Waals surface area contributed by atoms with Gasteiger partial charge in [-0.05, 0) is 26.2 Å². The third-order valence-electron chi connectivity index (χ3n) is 3.44. The van der Waals surface area contributed by atoms with Gasteiger partial charge in [-0.2, -0.15) is 0 Å². The molecular formula is C16H33IN4O4. The molecule has 148 valence electrons. The van der Waals surface area contributed by atoms with Crippen LogP contribution < -0.4 is 16.0 Å². The van der Waals surface area contributed by atoms with Crippen molar-refractivity contribution < 1.29 is 19.0 Å². The van der Waals surface area contributed by atoms with Crippen LogP contribution in [0.2, 0.25) is 0 Å². The summed E-state index contributed by atoms with van der Waals surface area (Å²) in [5.74, 6) is 0.516. The van der Waals surface area contributed by atoms with E-state index in [-0.39, 0.29) is 42.5 Å². The highest BCUT2D eigenvalue weighted by Gasteiger charge is 2.14. The van der Waals surface area contributed by atoms with E-state index in [2.05, 4.69) is 20.9 Å². The molecule has 1 amide bonds. The molecule has 1 saturated heterocycles. The standard InChI is InChI=1S/C16H32N4O4.HI/c1-3-17-16(20-12-15(21)18-8-11-22-2)19-7-5-9-23-13-14-6-4-10-24-14;/h14H,3-13H2,1-2H3,(H,18,21)(H2,17,19,20);1H. The fourth-order valence-electron chi connectivity index (χ4n) is 2.21. The number of carbonyl (C=O) groups is 1. The first kappa shape index (κ1) is 24.4. The number of hydrogen-bond donors (Lipinski definition) is 3. The number of halogens is 1. The van der Waals surface area contributed by atoms with Crippen LogP contribution in [0.3, 0.4) is 0 Å². The van der Waals surface area contributed by atoms with Gasteiger partial charge in [0.15, 0.2) is 5.96 Å². The Hall–Kier alpha value is -0.650. The summed E-state index contributed by atoms with van der Waals surface area (Å²) in [6.45, 7) is 6.78. The van der Waals surface area contributed by atoms with E-state index in [9.17, 15) is 4.79 Å². The Labute approximate surface area is 167 Å². The van der Waals surface area contributed by atoms with Crippen molar-refractivity contribution in [2.45, 2.75) is 32.3 Å². The number of ether oxygens (including phenoxy) is 3. The quantitative estimate of drug-likeness (QED) is 0.166. The first-order chi connectivity index (χ1) is 11.8. The van der Waals surface area contributed by atoms with Gasteiger partial charge < -0.3 is 30.2 Å². The van der Waals surface area contributed by atoms with Crippen LogP contribution in [-0.4, -0.2) is 77.7 Å². The molecule has 0 spiro atoms. The van der Waals surface area contributed by atoms with Crippen LogP contribution in [0, 0.1) is 0 Å². The maximum Gasteiger partial charge on any atom is 0.241 e. The topological polar surface area (TPSA) is 93.2 Å². The number of nitrogens with one attached hydrogen (secondary N) is 3. The zero-order valence-corrected chi connectivity index (χ0v) is 17.7. The highest BCUT2D eigenvalue weighted by atomic mass is 127. The molecule has 0 aromatic carbocycles. The van der Waals surface area contributed by atoms with Crippen molar-refractivity contribution in [3.8, 4) is 0 Å². The average Bonchev–Trinajstić information content (AvgIpc) is 3.09. The lowest BCUT2D eigenvalue weighted by Crippen LogP contribution is -2.39. The molecule has 0 radical (unpaired) electrons. The van der Waals surface area contributed by atoms with E-state index in [1.54, 1.807) is 7.11 Å². The number of methoxy groups -OCH3 is 1. The maximum atomic E-state index is 11.6. The van der Waals surface area contributed by atoms with Crippen LogP contribution in [-0.2, 0) is 19.0 Å². The lowest BCUT2D eigenvalue weighted by molar-refractivity contribution is -0.119. The average molecular weight is 472 g/mol. The molecule has 1 aliphatic heterocycles. The Bertz CT molecular complexity index is 366. The summed E-state index contributed by atoms with van der Waals surface area (Å²) in [6, 6.07) is 0. The highest BCUT2D eigenvalue weighted by Crippen LogP contribution is 2.11. The molecule has 25 heavy (non-hydrogen) atoms. The van der Waals surface area contributed by atoms with E-state index in [1.165, 1.54) is 0 Å². The number of guanidine groups is 1. The van der Waals surface area contributed by atoms with Gasteiger partial charge in [-0.15, -0.1) is 24.0 Å². The molecule has 0 aromatic heterocycles. The van der Waals surface area contributed by atoms with E-state index >= 15 is 0 Å². The van der Waals surface area contributed by atoms with Crippen molar-refractivity contribution in [2.24, 2.45) is 4.99 Å². The molecule has 1 heterocycles. The van der Waals surface area contributed by atoms with Gasteiger partial charge in [0.2, 0.25) is 5.91 Å². The molecule has 0 saturated carbocycles. The van der Waals surface area contributed by atoms with Gasteiger partial charge in [0.1, 0.15) is 6.54 Å². The molecule has 0 bridgehead atoms. The number of aliphatic imine (C=N–C) groups is 1. The van der Waals surface area contributed by atoms with Gasteiger partial charge in [0.05, 0.1) is 19.3 Å². The first-order valence-electron chi connectivity index (χ1n) is 8.73. The second-order valence-electron chi connectivity index (χ2n) is 5.53. The largest absolute Gasteiger partial charge is 0.383 e. The fourth-order valence-corrected chi connectivity index (χ4v) is 2.21. The normalized spacial score (nSPS) is 17.0. The minimum Gasteiger partial charge on any atom is -0.383 e. The molecule has 0 aliphatic carbocycles. The number of nitrogens with zero attached hydrogens (tertiary/aromatic N) is 1. The monoisotopic (exact) mass is 472 g/mol. The summed E-state index contributed by atoms with van der Waals surface area (Å²) in [4.78, 5) is 15.9. The Morgan fingerprint density at radius 3 is 2.76 bits per heavy atom. The highest BCUT2D eigenvalue weighted by molar-refractivity contribution is 14.0. The third-order valence-corrected chi connectivity index (χ3v) is 3.44. The van der Waals surface area contributed by atoms with Gasteiger partial charge >= 0.3 is 0 Å². The molecule has 0 aromatic rings. The van der Waals surface area contributed by atoms with E-state index in [0.717, 1.165) is 39.0 Å². The van der Waals surface area contributed by atoms with Gasteiger partial charge in [-0.3, -0.25) is 4.79 Å². The smallest absolute Gasteiger partial charge is 0.241 e. The van der Waals surface area contributed by atoms with Crippen LogP contribution in [0.1, 0.15) is 26.2 Å². The molecule has 1 aliphatic rings. The van der Waals surface area contributed by atoms with Crippen molar-refractivity contribution in [3.63, 3.8) is 0 Å². The number of amides is 1. The molecule has 9 heteroatoms. The Balaban J connectivity index is 0.00000576. The summed E-state index contributed by atoms with van der Waals surface area (Å²) in [5.41, 5.74) is 0. The van der Waals surface area contributed by atoms with Crippen molar-refractivity contribution in [3.05, 3.63) is 0 Å². The predicted octanol–water partition coefficient (Wildman–Crippen LogP) is 0.508. The zero-order valence-electron chi connectivity index (χ0n) is 15.3. The fraction of sp³-hybridized carbons (Fsp3) is 0.875. The van der Waals surface area contributed by atoms with Crippen LogP contribution >= 0.6 is 24.0 Å². The van der Waals surface area contributed by atoms with Crippen LogP contribution in [0.25, 0.3) is 0 Å². The summed E-state index contributed by atoms with van der Waals surface area (Å²) < 4.78 is 16.0. The Kier molecular flexibility index (Phi) is 16.4. The van der Waals surface area contributed by atoms with Gasteiger partial charge in [0.25, 0.3) is 0 Å². The lowest BCUT2D eigenvalue weighted by Gasteiger charge is -2.12. The molecule has 1 unspecified atom stereocenters. The third kappa shape index (κ3) is 13.2. The second-order valence-corrected chi connectivity index (χ2v) is 5.53. The molecule has 8 nitrogen and oxygen atoms in total. The van der Waals surface area contributed by atoms with Crippen molar-refractivity contribution in [1.29, 1.82) is 0 Å². The predicted molar refractivity (Wildman–Crippen MR) is 109 cm³/mol. The summed E-state index contributed by atoms with van der Waals surface area (Å²) in [7, 11) is 1.60. The van der Waals surface area contributed by atoms with Crippen molar-refractivity contribution >= 4 is 35.8 Å². The van der Waals surface area contributed by atoms with Crippen LogP contribution in [0.15, 0.2) is 4.99 Å². The minimum atomic E-state index is -0.121. The van der Waals surface area contributed by atoms with E-state index in [0.29, 0.717) is 32.3 Å². The Morgan fingerprint density at radius 1 is 1.24 bits per heavy atom. The SMILES string of the molecule is CCNC(=NCC(=O)NCCOC)NCCCOCC1CCCO1.I. The summed E-state index contributed by atoms with van der Waals surface area (Å²) >= 11 is 0. The minimum absolute atomic E-state index is 0. The van der Waals surface area contributed by atoms with Gasteiger partial charge in [-0.25, -0.2) is 4.99 Å². The van der Waals surface area contributed by atoms with Crippen LogP contribution in [0.4, 0.5) is 0 Å². The maximum absolute atomic E-state index is 11.6. The van der Waals surface area contributed by atoms with Crippen molar-refractivity contribution in [1.82, 2.24) is 16.0 Å².